The standard InChI is InChI=1S/C18H19NO3/c1-13-7-6-10-15(11-13)16(12-17(20)22-2)19-18(21)14-8-4-3-5-9-14/h3-11,16H,12H2,1-2H3,(H,19,21). The maximum absolute atomic E-state index is 12.3. The molecule has 0 fully saturated rings. The third kappa shape index (κ3) is 4.19. The molecule has 2 aromatic rings. The third-order valence-electron chi connectivity index (χ3n) is 3.38. The van der Waals surface area contributed by atoms with E-state index in [1.54, 1.807) is 24.3 Å². The van der Waals surface area contributed by atoms with Crippen LogP contribution >= 0.6 is 0 Å². The van der Waals surface area contributed by atoms with Gasteiger partial charge < -0.3 is 10.1 Å². The minimum absolute atomic E-state index is 0.0958. The number of carbonyl (C=O) groups is 2. The van der Waals surface area contributed by atoms with E-state index in [1.165, 1.54) is 7.11 Å². The number of benzene rings is 2. The van der Waals surface area contributed by atoms with Crippen LogP contribution < -0.4 is 5.32 Å². The van der Waals surface area contributed by atoms with Crippen molar-refractivity contribution in [2.24, 2.45) is 0 Å². The Morgan fingerprint density at radius 3 is 2.45 bits per heavy atom. The van der Waals surface area contributed by atoms with Gasteiger partial charge in [-0.1, -0.05) is 48.0 Å². The normalized spacial score (nSPS) is 11.5. The van der Waals surface area contributed by atoms with E-state index in [0.717, 1.165) is 11.1 Å². The van der Waals surface area contributed by atoms with Crippen LogP contribution in [0.25, 0.3) is 0 Å². The van der Waals surface area contributed by atoms with Gasteiger partial charge in [-0.3, -0.25) is 9.59 Å². The number of amides is 1. The molecule has 0 aliphatic rings. The van der Waals surface area contributed by atoms with Crippen LogP contribution in [0, 0.1) is 6.92 Å². The van der Waals surface area contributed by atoms with E-state index in [4.69, 9.17) is 4.74 Å². The summed E-state index contributed by atoms with van der Waals surface area (Å²) in [6, 6.07) is 16.2. The summed E-state index contributed by atoms with van der Waals surface area (Å²) in [4.78, 5) is 23.9. The summed E-state index contributed by atoms with van der Waals surface area (Å²) in [6.07, 6.45) is 0.0958. The molecular formula is C18H19NO3. The molecule has 0 aliphatic heterocycles. The molecule has 0 radical (unpaired) electrons. The number of esters is 1. The summed E-state index contributed by atoms with van der Waals surface area (Å²) >= 11 is 0. The zero-order valence-electron chi connectivity index (χ0n) is 12.7. The number of nitrogens with one attached hydrogen (secondary N) is 1. The second-order valence-corrected chi connectivity index (χ2v) is 5.09. The topological polar surface area (TPSA) is 55.4 Å². The SMILES string of the molecule is COC(=O)CC(NC(=O)c1ccccc1)c1cccc(C)c1. The van der Waals surface area contributed by atoms with Gasteiger partial charge in [0.1, 0.15) is 0 Å². The summed E-state index contributed by atoms with van der Waals surface area (Å²) in [6.45, 7) is 1.97. The number of aryl methyl sites for hydroxylation is 1. The van der Waals surface area contributed by atoms with Gasteiger partial charge in [-0.15, -0.1) is 0 Å². The first-order valence-electron chi connectivity index (χ1n) is 7.09. The van der Waals surface area contributed by atoms with Crippen molar-refractivity contribution in [3.05, 3.63) is 71.3 Å². The lowest BCUT2D eigenvalue weighted by Crippen LogP contribution is -2.30. The molecule has 0 heterocycles. The van der Waals surface area contributed by atoms with Crippen LogP contribution in [0.1, 0.15) is 33.9 Å². The molecule has 1 unspecified atom stereocenters. The Morgan fingerprint density at radius 1 is 1.09 bits per heavy atom. The van der Waals surface area contributed by atoms with Crippen molar-refractivity contribution in [1.82, 2.24) is 5.32 Å². The van der Waals surface area contributed by atoms with Crippen molar-refractivity contribution in [3.8, 4) is 0 Å². The van der Waals surface area contributed by atoms with E-state index in [1.807, 2.05) is 37.3 Å². The zero-order valence-corrected chi connectivity index (χ0v) is 12.7. The van der Waals surface area contributed by atoms with Crippen LogP contribution in [0.5, 0.6) is 0 Å². The molecule has 114 valence electrons. The third-order valence-corrected chi connectivity index (χ3v) is 3.38. The molecule has 4 nitrogen and oxygen atoms in total. The van der Waals surface area contributed by atoms with Gasteiger partial charge in [0.25, 0.3) is 5.91 Å². The Kier molecular flexibility index (Phi) is 5.31. The first-order chi connectivity index (χ1) is 10.6. The minimum atomic E-state index is -0.417. The molecule has 1 N–H and O–H groups in total. The van der Waals surface area contributed by atoms with Gasteiger partial charge in [0.15, 0.2) is 0 Å². The molecule has 0 aromatic heterocycles. The van der Waals surface area contributed by atoms with Crippen molar-refractivity contribution >= 4 is 11.9 Å². The van der Waals surface area contributed by atoms with Crippen LogP contribution in [0.4, 0.5) is 0 Å². The number of methoxy groups -OCH3 is 1. The summed E-state index contributed by atoms with van der Waals surface area (Å²) in [5.41, 5.74) is 2.51. The zero-order chi connectivity index (χ0) is 15.9. The number of hydrogen-bond acceptors (Lipinski definition) is 3. The summed E-state index contributed by atoms with van der Waals surface area (Å²) < 4.78 is 4.73. The van der Waals surface area contributed by atoms with E-state index in [9.17, 15) is 9.59 Å². The molecule has 2 rings (SSSR count). The first kappa shape index (κ1) is 15.8. The quantitative estimate of drug-likeness (QED) is 0.863. The second kappa shape index (κ2) is 7.41. The van der Waals surface area contributed by atoms with Gasteiger partial charge in [-0.25, -0.2) is 0 Å². The molecule has 0 aliphatic carbocycles. The van der Waals surface area contributed by atoms with Crippen LogP contribution in [0.15, 0.2) is 54.6 Å². The first-order valence-corrected chi connectivity index (χ1v) is 7.09. The molecule has 1 atom stereocenters. The van der Waals surface area contributed by atoms with E-state index in [0.29, 0.717) is 5.56 Å². The Balaban J connectivity index is 2.21. The smallest absolute Gasteiger partial charge is 0.307 e. The lowest BCUT2D eigenvalue weighted by Gasteiger charge is -2.18. The van der Waals surface area contributed by atoms with Gasteiger partial charge >= 0.3 is 5.97 Å². The second-order valence-electron chi connectivity index (χ2n) is 5.09. The average molecular weight is 297 g/mol. The fourth-order valence-electron chi connectivity index (χ4n) is 2.22. The molecule has 0 bridgehead atoms. The fourth-order valence-corrected chi connectivity index (χ4v) is 2.22. The maximum atomic E-state index is 12.3. The predicted molar refractivity (Wildman–Crippen MR) is 84.5 cm³/mol. The van der Waals surface area contributed by atoms with Gasteiger partial charge in [0.05, 0.1) is 19.6 Å². The molecule has 0 saturated carbocycles. The Bertz CT molecular complexity index is 652. The molecular weight excluding hydrogens is 278 g/mol. The highest BCUT2D eigenvalue weighted by Crippen LogP contribution is 2.19. The van der Waals surface area contributed by atoms with Crippen molar-refractivity contribution in [3.63, 3.8) is 0 Å². The Labute approximate surface area is 130 Å². The van der Waals surface area contributed by atoms with Crippen LogP contribution in [-0.2, 0) is 9.53 Å². The maximum Gasteiger partial charge on any atom is 0.307 e. The molecule has 4 heteroatoms. The molecule has 2 aromatic carbocycles. The van der Waals surface area contributed by atoms with E-state index < -0.39 is 6.04 Å². The molecule has 22 heavy (non-hydrogen) atoms. The van der Waals surface area contributed by atoms with E-state index in [-0.39, 0.29) is 18.3 Å². The van der Waals surface area contributed by atoms with Crippen molar-refractivity contribution in [2.45, 2.75) is 19.4 Å². The monoisotopic (exact) mass is 297 g/mol. The lowest BCUT2D eigenvalue weighted by atomic mass is 10.0. The Morgan fingerprint density at radius 2 is 1.82 bits per heavy atom. The fraction of sp³-hybridized carbons (Fsp3) is 0.222. The summed E-state index contributed by atoms with van der Waals surface area (Å²) in [7, 11) is 1.34. The van der Waals surface area contributed by atoms with Gasteiger partial charge in [0, 0.05) is 5.56 Å². The Hall–Kier alpha value is -2.62. The highest BCUT2D eigenvalue weighted by atomic mass is 16.5. The van der Waals surface area contributed by atoms with Crippen LogP contribution in [0.2, 0.25) is 0 Å². The lowest BCUT2D eigenvalue weighted by molar-refractivity contribution is -0.141. The van der Waals surface area contributed by atoms with Crippen LogP contribution in [-0.4, -0.2) is 19.0 Å². The number of ether oxygens (including phenoxy) is 1. The van der Waals surface area contributed by atoms with Crippen LogP contribution in [0.3, 0.4) is 0 Å². The van der Waals surface area contributed by atoms with Crippen molar-refractivity contribution < 1.29 is 14.3 Å². The molecule has 1 amide bonds. The van der Waals surface area contributed by atoms with E-state index >= 15 is 0 Å². The molecule has 0 spiro atoms. The number of hydrogen-bond donors (Lipinski definition) is 1. The largest absolute Gasteiger partial charge is 0.469 e. The number of carbonyl (C=O) groups excluding carboxylic acids is 2. The van der Waals surface area contributed by atoms with Crippen molar-refractivity contribution in [2.75, 3.05) is 7.11 Å². The minimum Gasteiger partial charge on any atom is -0.469 e. The van der Waals surface area contributed by atoms with Crippen molar-refractivity contribution in [1.29, 1.82) is 0 Å². The summed E-state index contributed by atoms with van der Waals surface area (Å²) in [5.74, 6) is -0.573. The van der Waals surface area contributed by atoms with Gasteiger partial charge in [0.2, 0.25) is 0 Å². The molecule has 0 saturated heterocycles. The highest BCUT2D eigenvalue weighted by Gasteiger charge is 2.19. The number of rotatable bonds is 5. The van der Waals surface area contributed by atoms with Gasteiger partial charge in [-0.2, -0.15) is 0 Å². The van der Waals surface area contributed by atoms with Gasteiger partial charge in [-0.05, 0) is 24.6 Å². The highest BCUT2D eigenvalue weighted by molar-refractivity contribution is 5.94. The average Bonchev–Trinajstić information content (AvgIpc) is 2.54. The predicted octanol–water partition coefficient (Wildman–Crippen LogP) is 3.03. The van der Waals surface area contributed by atoms with E-state index in [2.05, 4.69) is 5.32 Å². The summed E-state index contributed by atoms with van der Waals surface area (Å²) in [5, 5.41) is 2.90.